The first-order valence-electron chi connectivity index (χ1n) is 6.14. The summed E-state index contributed by atoms with van der Waals surface area (Å²) >= 11 is 0. The molecule has 0 heterocycles. The Morgan fingerprint density at radius 1 is 1.22 bits per heavy atom. The Kier molecular flexibility index (Phi) is 6.52. The van der Waals surface area contributed by atoms with Crippen LogP contribution in [0.15, 0.2) is 24.3 Å². The Hall–Kier alpha value is -1.86. The molecule has 0 spiro atoms. The van der Waals surface area contributed by atoms with Crippen molar-refractivity contribution >= 4 is 5.97 Å². The van der Waals surface area contributed by atoms with Crippen LogP contribution in [0.2, 0.25) is 0 Å². The van der Waals surface area contributed by atoms with E-state index in [1.165, 1.54) is 0 Å². The van der Waals surface area contributed by atoms with Gasteiger partial charge in [-0.25, -0.2) is 0 Å². The molecular formula is C14H18N2O2. The van der Waals surface area contributed by atoms with Gasteiger partial charge in [0.25, 0.3) is 0 Å². The highest BCUT2D eigenvalue weighted by Crippen LogP contribution is 2.03. The van der Waals surface area contributed by atoms with Crippen LogP contribution >= 0.6 is 0 Å². The molecule has 0 atom stereocenters. The van der Waals surface area contributed by atoms with E-state index in [0.717, 1.165) is 37.9 Å². The Morgan fingerprint density at radius 3 is 2.56 bits per heavy atom. The molecule has 0 unspecified atom stereocenters. The predicted molar refractivity (Wildman–Crippen MR) is 69.0 cm³/mol. The van der Waals surface area contributed by atoms with Gasteiger partial charge in [0.2, 0.25) is 0 Å². The van der Waals surface area contributed by atoms with Crippen LogP contribution in [0.3, 0.4) is 0 Å². The minimum atomic E-state index is -0.722. The van der Waals surface area contributed by atoms with Crippen LogP contribution in [0.4, 0.5) is 0 Å². The van der Waals surface area contributed by atoms with Gasteiger partial charge in [-0.2, -0.15) is 5.26 Å². The highest BCUT2D eigenvalue weighted by molar-refractivity contribution is 5.66. The van der Waals surface area contributed by atoms with Crippen molar-refractivity contribution in [3.05, 3.63) is 35.4 Å². The molecule has 2 N–H and O–H groups in total. The lowest BCUT2D eigenvalue weighted by atomic mass is 10.1. The molecule has 0 bridgehead atoms. The summed E-state index contributed by atoms with van der Waals surface area (Å²) in [6.07, 6.45) is 2.93. The molecule has 0 radical (unpaired) electrons. The van der Waals surface area contributed by atoms with Crippen LogP contribution < -0.4 is 5.32 Å². The first-order valence-corrected chi connectivity index (χ1v) is 6.14. The minimum absolute atomic E-state index is 0.260. The second kappa shape index (κ2) is 8.26. The number of hydrogen-bond donors (Lipinski definition) is 2. The number of nitriles is 1. The minimum Gasteiger partial charge on any atom is -0.481 e. The summed E-state index contributed by atoms with van der Waals surface area (Å²) in [6.45, 7) is 1.67. The van der Waals surface area contributed by atoms with Crippen LogP contribution in [-0.4, -0.2) is 17.6 Å². The molecule has 18 heavy (non-hydrogen) atoms. The fraction of sp³-hybridized carbons (Fsp3) is 0.429. The summed E-state index contributed by atoms with van der Waals surface area (Å²) < 4.78 is 0. The lowest BCUT2D eigenvalue weighted by Gasteiger charge is -2.04. The number of unbranched alkanes of at least 4 members (excludes halogenated alkanes) is 2. The maximum atomic E-state index is 10.3. The number of carbonyl (C=O) groups is 1. The van der Waals surface area contributed by atoms with E-state index in [4.69, 9.17) is 10.4 Å². The lowest BCUT2D eigenvalue weighted by molar-refractivity contribution is -0.137. The van der Waals surface area contributed by atoms with Crippen molar-refractivity contribution in [1.29, 1.82) is 5.26 Å². The van der Waals surface area contributed by atoms with Gasteiger partial charge in [-0.3, -0.25) is 4.79 Å². The van der Waals surface area contributed by atoms with Crippen LogP contribution in [0.5, 0.6) is 0 Å². The third kappa shape index (κ3) is 6.02. The van der Waals surface area contributed by atoms with Gasteiger partial charge in [-0.15, -0.1) is 0 Å². The van der Waals surface area contributed by atoms with Crippen molar-refractivity contribution in [3.8, 4) is 6.07 Å². The van der Waals surface area contributed by atoms with E-state index in [1.54, 1.807) is 0 Å². The number of nitrogens with one attached hydrogen (secondary N) is 1. The third-order valence-electron chi connectivity index (χ3n) is 2.66. The Labute approximate surface area is 107 Å². The zero-order valence-electron chi connectivity index (χ0n) is 10.4. The zero-order chi connectivity index (χ0) is 13.2. The molecule has 4 heteroatoms. The van der Waals surface area contributed by atoms with E-state index in [9.17, 15) is 4.79 Å². The maximum Gasteiger partial charge on any atom is 0.303 e. The van der Waals surface area contributed by atoms with E-state index in [0.29, 0.717) is 5.56 Å². The fourth-order valence-corrected chi connectivity index (χ4v) is 1.63. The molecule has 1 aromatic rings. The van der Waals surface area contributed by atoms with Crippen LogP contribution in [0.25, 0.3) is 0 Å². The molecule has 0 aliphatic carbocycles. The second-order valence-corrected chi connectivity index (χ2v) is 4.19. The van der Waals surface area contributed by atoms with Gasteiger partial charge in [0, 0.05) is 13.0 Å². The highest BCUT2D eigenvalue weighted by atomic mass is 16.4. The maximum absolute atomic E-state index is 10.3. The van der Waals surface area contributed by atoms with E-state index in [-0.39, 0.29) is 6.42 Å². The Bertz CT molecular complexity index is 407. The first-order chi connectivity index (χ1) is 8.72. The van der Waals surface area contributed by atoms with Gasteiger partial charge in [-0.05, 0) is 37.1 Å². The van der Waals surface area contributed by atoms with Gasteiger partial charge in [-0.1, -0.05) is 18.6 Å². The van der Waals surface area contributed by atoms with Crippen molar-refractivity contribution < 1.29 is 9.90 Å². The molecular weight excluding hydrogens is 228 g/mol. The molecule has 0 aliphatic rings. The normalized spacial score (nSPS) is 9.94. The Balaban J connectivity index is 2.07. The fourth-order valence-electron chi connectivity index (χ4n) is 1.63. The van der Waals surface area contributed by atoms with Crippen molar-refractivity contribution in [2.75, 3.05) is 6.54 Å². The van der Waals surface area contributed by atoms with Crippen molar-refractivity contribution in [2.24, 2.45) is 0 Å². The number of nitrogens with zero attached hydrogens (tertiary/aromatic N) is 1. The number of hydrogen-bond acceptors (Lipinski definition) is 3. The molecule has 0 saturated carbocycles. The smallest absolute Gasteiger partial charge is 0.303 e. The third-order valence-corrected chi connectivity index (χ3v) is 2.66. The molecule has 0 amide bonds. The summed E-state index contributed by atoms with van der Waals surface area (Å²) in [5, 5.41) is 20.4. The van der Waals surface area contributed by atoms with E-state index in [2.05, 4.69) is 11.4 Å². The number of benzene rings is 1. The van der Waals surface area contributed by atoms with Crippen LogP contribution in [0, 0.1) is 11.3 Å². The van der Waals surface area contributed by atoms with Crippen LogP contribution in [0.1, 0.15) is 36.8 Å². The Morgan fingerprint density at radius 2 is 1.94 bits per heavy atom. The zero-order valence-corrected chi connectivity index (χ0v) is 10.4. The number of carboxylic acids is 1. The van der Waals surface area contributed by atoms with Gasteiger partial charge >= 0.3 is 5.97 Å². The molecule has 0 aromatic heterocycles. The van der Waals surface area contributed by atoms with Gasteiger partial charge in [0.1, 0.15) is 0 Å². The topological polar surface area (TPSA) is 73.1 Å². The largest absolute Gasteiger partial charge is 0.481 e. The SMILES string of the molecule is N#Cc1ccc(CNCCCCCC(=O)O)cc1. The summed E-state index contributed by atoms with van der Waals surface area (Å²) in [5.41, 5.74) is 1.83. The molecule has 1 aromatic carbocycles. The molecule has 0 fully saturated rings. The second-order valence-electron chi connectivity index (χ2n) is 4.19. The summed E-state index contributed by atoms with van der Waals surface area (Å²) in [6, 6.07) is 9.59. The summed E-state index contributed by atoms with van der Waals surface area (Å²) in [5.74, 6) is -0.722. The molecule has 0 aliphatic heterocycles. The standard InChI is InChI=1S/C14H18N2O2/c15-10-12-5-7-13(8-6-12)11-16-9-3-1-2-4-14(17)18/h5-8,16H,1-4,9,11H2,(H,17,18). The quantitative estimate of drug-likeness (QED) is 0.690. The average Bonchev–Trinajstić information content (AvgIpc) is 2.38. The first kappa shape index (κ1) is 14.2. The van der Waals surface area contributed by atoms with E-state index in [1.807, 2.05) is 24.3 Å². The lowest BCUT2D eigenvalue weighted by Crippen LogP contribution is -2.14. The summed E-state index contributed by atoms with van der Waals surface area (Å²) in [7, 11) is 0. The average molecular weight is 246 g/mol. The number of carboxylic acid groups (broad SMARTS) is 1. The van der Waals surface area contributed by atoms with Gasteiger partial charge in [0.05, 0.1) is 11.6 Å². The number of aliphatic carboxylic acids is 1. The predicted octanol–water partition coefficient (Wildman–Crippen LogP) is 2.29. The van der Waals surface area contributed by atoms with Crippen molar-refractivity contribution in [3.63, 3.8) is 0 Å². The van der Waals surface area contributed by atoms with E-state index >= 15 is 0 Å². The summed E-state index contributed by atoms with van der Waals surface area (Å²) in [4.78, 5) is 10.3. The molecule has 0 saturated heterocycles. The van der Waals surface area contributed by atoms with Crippen LogP contribution in [-0.2, 0) is 11.3 Å². The van der Waals surface area contributed by atoms with Crippen molar-refractivity contribution in [2.45, 2.75) is 32.2 Å². The van der Waals surface area contributed by atoms with Gasteiger partial charge in [0.15, 0.2) is 0 Å². The number of rotatable bonds is 8. The molecule has 1 rings (SSSR count). The van der Waals surface area contributed by atoms with E-state index < -0.39 is 5.97 Å². The van der Waals surface area contributed by atoms with Gasteiger partial charge < -0.3 is 10.4 Å². The molecule has 4 nitrogen and oxygen atoms in total. The van der Waals surface area contributed by atoms with Crippen molar-refractivity contribution in [1.82, 2.24) is 5.32 Å². The highest BCUT2D eigenvalue weighted by Gasteiger charge is 1.97. The molecule has 96 valence electrons. The monoisotopic (exact) mass is 246 g/mol.